The quantitative estimate of drug-likeness (QED) is 0.465. The number of piperidine rings is 1. The minimum atomic E-state index is -0.139. The van der Waals surface area contributed by atoms with Gasteiger partial charge in [0, 0.05) is 30.2 Å². The van der Waals surface area contributed by atoms with E-state index in [1.807, 2.05) is 58.1 Å². The first kappa shape index (κ1) is 21.1. The van der Waals surface area contributed by atoms with Crippen molar-refractivity contribution in [3.05, 3.63) is 82.6 Å². The molecule has 1 saturated heterocycles. The van der Waals surface area contributed by atoms with Gasteiger partial charge in [0.05, 0.1) is 11.7 Å². The third kappa shape index (κ3) is 3.51. The third-order valence-electron chi connectivity index (χ3n) is 7.17. The van der Waals surface area contributed by atoms with E-state index >= 15 is 0 Å². The molecule has 3 atom stereocenters. The van der Waals surface area contributed by atoms with Gasteiger partial charge in [-0.3, -0.25) is 14.0 Å². The topological polar surface area (TPSA) is 66.7 Å². The Hall–Kier alpha value is -3.45. The first-order chi connectivity index (χ1) is 16.5. The van der Waals surface area contributed by atoms with Crippen LogP contribution >= 0.6 is 11.3 Å². The SMILES string of the molecule is Cc1cccc(-c2ccccc2C(=O)N2C[C@@H]3C[C@@H]3[C@H]2CNC(=O)c2c(C)nc3sccn23)c1. The van der Waals surface area contributed by atoms with Gasteiger partial charge in [0.15, 0.2) is 4.96 Å². The van der Waals surface area contributed by atoms with Crippen LogP contribution in [0.2, 0.25) is 0 Å². The number of hydrogen-bond donors (Lipinski definition) is 1. The van der Waals surface area contributed by atoms with E-state index < -0.39 is 0 Å². The lowest BCUT2D eigenvalue weighted by molar-refractivity contribution is 0.0695. The van der Waals surface area contributed by atoms with Crippen LogP contribution in [0.5, 0.6) is 0 Å². The number of rotatable bonds is 5. The molecule has 1 aliphatic heterocycles. The molecule has 2 aromatic carbocycles. The minimum absolute atomic E-state index is 0.0122. The highest BCUT2D eigenvalue weighted by molar-refractivity contribution is 7.15. The van der Waals surface area contributed by atoms with E-state index in [0.29, 0.717) is 24.1 Å². The van der Waals surface area contributed by atoms with E-state index in [0.717, 1.165) is 45.9 Å². The number of aryl methyl sites for hydroxylation is 2. The van der Waals surface area contributed by atoms with E-state index in [1.165, 1.54) is 11.3 Å². The van der Waals surface area contributed by atoms with Gasteiger partial charge in [-0.05, 0) is 49.3 Å². The van der Waals surface area contributed by atoms with Gasteiger partial charge in [0.2, 0.25) is 0 Å². The fraction of sp³-hybridized carbons (Fsp3) is 0.296. The molecule has 2 fully saturated rings. The van der Waals surface area contributed by atoms with Crippen LogP contribution in [0.1, 0.15) is 38.5 Å². The second kappa shape index (κ2) is 8.09. The van der Waals surface area contributed by atoms with Crippen molar-refractivity contribution in [2.45, 2.75) is 26.3 Å². The van der Waals surface area contributed by atoms with E-state index in [1.54, 1.807) is 0 Å². The highest BCUT2D eigenvalue weighted by Gasteiger charge is 2.54. The van der Waals surface area contributed by atoms with Crippen molar-refractivity contribution in [1.82, 2.24) is 19.6 Å². The number of aromatic nitrogens is 2. The molecule has 0 bridgehead atoms. The highest BCUT2D eigenvalue weighted by Crippen LogP contribution is 2.50. The molecule has 34 heavy (non-hydrogen) atoms. The Kier molecular flexibility index (Phi) is 5.03. The standard InChI is InChI=1S/C27H26N4O2S/c1-16-6-5-7-18(12-16)20-8-3-4-9-21(20)26(33)31-15-19-13-22(19)23(31)14-28-25(32)24-17(2)29-27-30(24)10-11-34-27/h3-12,19,22-23H,13-15H2,1-2H3,(H,28,32)/t19-,22-,23+/m0/s1. The van der Waals surface area contributed by atoms with Gasteiger partial charge in [-0.15, -0.1) is 11.3 Å². The molecule has 3 heterocycles. The van der Waals surface area contributed by atoms with Crippen molar-refractivity contribution < 1.29 is 9.59 Å². The number of imidazole rings is 1. The van der Waals surface area contributed by atoms with Crippen LogP contribution in [0.15, 0.2) is 60.1 Å². The van der Waals surface area contributed by atoms with Gasteiger partial charge in [0.1, 0.15) is 5.69 Å². The summed E-state index contributed by atoms with van der Waals surface area (Å²) in [5.74, 6) is 0.907. The molecule has 4 aromatic rings. The lowest BCUT2D eigenvalue weighted by Crippen LogP contribution is -2.45. The van der Waals surface area contributed by atoms with Crippen molar-refractivity contribution >= 4 is 28.1 Å². The highest BCUT2D eigenvalue weighted by atomic mass is 32.1. The largest absolute Gasteiger partial charge is 0.349 e. The van der Waals surface area contributed by atoms with Crippen molar-refractivity contribution in [1.29, 1.82) is 0 Å². The average Bonchev–Trinajstić information content (AvgIpc) is 3.13. The fourth-order valence-corrected chi connectivity index (χ4v) is 6.16. The van der Waals surface area contributed by atoms with Gasteiger partial charge in [0.25, 0.3) is 11.8 Å². The fourth-order valence-electron chi connectivity index (χ4n) is 5.40. The van der Waals surface area contributed by atoms with Crippen molar-refractivity contribution in [2.75, 3.05) is 13.1 Å². The Morgan fingerprint density at radius 3 is 2.85 bits per heavy atom. The minimum Gasteiger partial charge on any atom is -0.349 e. The van der Waals surface area contributed by atoms with Gasteiger partial charge in [-0.2, -0.15) is 0 Å². The second-order valence-corrected chi connectivity index (χ2v) is 10.3. The predicted octanol–water partition coefficient (Wildman–Crippen LogP) is 4.57. The van der Waals surface area contributed by atoms with Crippen LogP contribution in [0.4, 0.5) is 0 Å². The van der Waals surface area contributed by atoms with Crippen molar-refractivity contribution in [3.63, 3.8) is 0 Å². The molecule has 6 nitrogen and oxygen atoms in total. The summed E-state index contributed by atoms with van der Waals surface area (Å²) in [6.07, 6.45) is 3.00. The Bertz CT molecular complexity index is 1420. The molecular weight excluding hydrogens is 444 g/mol. The van der Waals surface area contributed by atoms with E-state index in [2.05, 4.69) is 35.4 Å². The average molecular weight is 471 g/mol. The lowest BCUT2D eigenvalue weighted by Gasteiger charge is -2.28. The van der Waals surface area contributed by atoms with Crippen LogP contribution in [0.25, 0.3) is 16.1 Å². The maximum absolute atomic E-state index is 13.8. The molecule has 6 rings (SSSR count). The molecule has 172 valence electrons. The van der Waals surface area contributed by atoms with Crippen LogP contribution in [0.3, 0.4) is 0 Å². The molecule has 7 heteroatoms. The normalized spacial score (nSPS) is 21.0. The smallest absolute Gasteiger partial charge is 0.270 e. The van der Waals surface area contributed by atoms with Crippen LogP contribution in [-0.2, 0) is 0 Å². The molecule has 1 saturated carbocycles. The summed E-state index contributed by atoms with van der Waals surface area (Å²) in [7, 11) is 0. The summed E-state index contributed by atoms with van der Waals surface area (Å²) >= 11 is 1.51. The molecule has 0 unspecified atom stereocenters. The number of nitrogens with zero attached hydrogens (tertiary/aromatic N) is 3. The predicted molar refractivity (Wildman–Crippen MR) is 133 cm³/mol. The third-order valence-corrected chi connectivity index (χ3v) is 7.93. The van der Waals surface area contributed by atoms with Crippen molar-refractivity contribution in [2.24, 2.45) is 11.8 Å². The number of carbonyl (C=O) groups excluding carboxylic acids is 2. The van der Waals surface area contributed by atoms with Gasteiger partial charge in [-0.25, -0.2) is 4.98 Å². The molecule has 2 aromatic heterocycles. The Labute approximate surface area is 202 Å². The number of carbonyl (C=O) groups is 2. The first-order valence-electron chi connectivity index (χ1n) is 11.7. The van der Waals surface area contributed by atoms with E-state index in [4.69, 9.17) is 0 Å². The van der Waals surface area contributed by atoms with Gasteiger partial charge < -0.3 is 10.2 Å². The van der Waals surface area contributed by atoms with E-state index in [9.17, 15) is 9.59 Å². The molecule has 0 radical (unpaired) electrons. The zero-order valence-corrected chi connectivity index (χ0v) is 20.0. The Balaban J connectivity index is 1.24. The van der Waals surface area contributed by atoms with Crippen LogP contribution in [-0.4, -0.2) is 45.2 Å². The van der Waals surface area contributed by atoms with E-state index in [-0.39, 0.29) is 17.9 Å². The number of nitrogens with one attached hydrogen (secondary N) is 1. The molecule has 1 aliphatic carbocycles. The molecule has 2 aliphatic rings. The maximum Gasteiger partial charge on any atom is 0.270 e. The lowest BCUT2D eigenvalue weighted by atomic mass is 9.97. The first-order valence-corrected chi connectivity index (χ1v) is 12.6. The molecule has 1 N–H and O–H groups in total. The van der Waals surface area contributed by atoms with Gasteiger partial charge in [-0.1, -0.05) is 48.0 Å². The number of hydrogen-bond acceptors (Lipinski definition) is 4. The summed E-state index contributed by atoms with van der Waals surface area (Å²) in [6, 6.07) is 16.1. The van der Waals surface area contributed by atoms with Crippen molar-refractivity contribution in [3.8, 4) is 11.1 Å². The van der Waals surface area contributed by atoms with Crippen LogP contribution < -0.4 is 5.32 Å². The summed E-state index contributed by atoms with van der Waals surface area (Å²) in [5.41, 5.74) is 5.18. The molecule has 2 amide bonds. The Morgan fingerprint density at radius 2 is 2.00 bits per heavy atom. The Morgan fingerprint density at radius 1 is 1.15 bits per heavy atom. The molecule has 0 spiro atoms. The van der Waals surface area contributed by atoms with Crippen LogP contribution in [0, 0.1) is 25.7 Å². The monoisotopic (exact) mass is 470 g/mol. The zero-order chi connectivity index (χ0) is 23.4. The number of fused-ring (bicyclic) bond motifs is 2. The zero-order valence-electron chi connectivity index (χ0n) is 19.2. The number of likely N-dealkylation sites (tertiary alicyclic amines) is 1. The summed E-state index contributed by atoms with van der Waals surface area (Å²) in [5, 5.41) is 5.03. The number of benzene rings is 2. The maximum atomic E-state index is 13.8. The second-order valence-electron chi connectivity index (χ2n) is 9.41. The summed E-state index contributed by atoms with van der Waals surface area (Å²) in [6.45, 7) is 5.13. The summed E-state index contributed by atoms with van der Waals surface area (Å²) in [4.78, 5) is 34.1. The summed E-state index contributed by atoms with van der Waals surface area (Å²) < 4.78 is 1.84. The number of thiazole rings is 1. The molecular formula is C27H26N4O2S. The van der Waals surface area contributed by atoms with Gasteiger partial charge >= 0.3 is 0 Å². The number of amides is 2.